The molecule has 2 atom stereocenters. The number of Topliss-reactive ketones (excluding diaryl/α,β-unsaturated/α-hetero) is 1. The first-order valence-corrected chi connectivity index (χ1v) is 15.0. The van der Waals surface area contributed by atoms with Crippen LogP contribution in [0.25, 0.3) is 0 Å². The van der Waals surface area contributed by atoms with Crippen LogP contribution in [-0.2, 0) is 31.6 Å². The fraction of sp³-hybridized carbons (Fsp3) is 0.231. The van der Waals surface area contributed by atoms with Gasteiger partial charge >= 0.3 is 0 Å². The molecule has 0 aliphatic heterocycles. The van der Waals surface area contributed by atoms with Crippen molar-refractivity contribution in [1.82, 2.24) is 5.32 Å². The summed E-state index contributed by atoms with van der Waals surface area (Å²) in [4.78, 5) is 12.4. The van der Waals surface area contributed by atoms with E-state index in [9.17, 15) is 35.8 Å². The van der Waals surface area contributed by atoms with Crippen LogP contribution in [0.2, 0.25) is 0 Å². The number of carbonyl (C=O) groups is 1. The number of phenols is 1. The molecule has 0 radical (unpaired) electrons. The van der Waals surface area contributed by atoms with Gasteiger partial charge in [-0.15, -0.1) is 5.11 Å². The number of allylic oxidation sites excluding steroid dienone is 5. The Morgan fingerprint density at radius 1 is 0.951 bits per heavy atom. The highest BCUT2D eigenvalue weighted by molar-refractivity contribution is 7.90. The Hall–Kier alpha value is -4.02. The molecule has 0 fully saturated rings. The molecule has 2 aliphatic rings. The lowest BCUT2D eigenvalue weighted by molar-refractivity contribution is -0.115. The Bertz CT molecular complexity index is 1790. The quantitative estimate of drug-likeness (QED) is 0.127. The van der Waals surface area contributed by atoms with Gasteiger partial charge < -0.3 is 10.4 Å². The number of anilines is 1. The van der Waals surface area contributed by atoms with Gasteiger partial charge in [-0.2, -0.15) is 27.1 Å². The van der Waals surface area contributed by atoms with Gasteiger partial charge in [0.15, 0.2) is 5.78 Å². The van der Waals surface area contributed by atoms with Crippen molar-refractivity contribution in [3.05, 3.63) is 76.2 Å². The maximum Gasteiger partial charge on any atom is 0.296 e. The van der Waals surface area contributed by atoms with E-state index in [0.717, 1.165) is 0 Å². The second-order valence-electron chi connectivity index (χ2n) is 9.46. The third kappa shape index (κ3) is 6.66. The van der Waals surface area contributed by atoms with Gasteiger partial charge in [0.1, 0.15) is 22.0 Å². The van der Waals surface area contributed by atoms with Crippen LogP contribution < -0.4 is 10.7 Å². The lowest BCUT2D eigenvalue weighted by atomic mass is 9.77. The molecule has 2 aromatic carbocycles. The van der Waals surface area contributed by atoms with Crippen LogP contribution in [0.4, 0.5) is 17.1 Å². The van der Waals surface area contributed by atoms with Crippen LogP contribution in [0.15, 0.2) is 85.3 Å². The van der Waals surface area contributed by atoms with Gasteiger partial charge in [-0.1, -0.05) is 24.3 Å². The second kappa shape index (κ2) is 11.5. The Kier molecular flexibility index (Phi) is 8.37. The van der Waals surface area contributed by atoms with Gasteiger partial charge in [0, 0.05) is 18.5 Å². The predicted octanol–water partition coefficient (Wildman–Crippen LogP) is 3.95. The summed E-state index contributed by atoms with van der Waals surface area (Å²) in [5, 5.41) is 25.8. The van der Waals surface area contributed by atoms with Crippen molar-refractivity contribution in [1.29, 1.82) is 0 Å². The number of carbonyl (C=O) groups excluding carboxylic acids is 1. The molecule has 13 nitrogen and oxygen atoms in total. The monoisotopic (exact) mass is 601 g/mol. The highest BCUT2D eigenvalue weighted by Gasteiger charge is 2.35. The van der Waals surface area contributed by atoms with E-state index in [2.05, 4.69) is 26.1 Å². The number of hydrogen-bond acceptors (Lipinski definition) is 11. The van der Waals surface area contributed by atoms with Crippen LogP contribution in [0.5, 0.6) is 5.75 Å². The van der Waals surface area contributed by atoms with E-state index in [-0.39, 0.29) is 39.2 Å². The van der Waals surface area contributed by atoms with Crippen molar-refractivity contribution in [2.75, 3.05) is 12.5 Å². The molecule has 216 valence electrons. The van der Waals surface area contributed by atoms with Crippen molar-refractivity contribution in [2.45, 2.75) is 25.3 Å². The molecule has 0 heterocycles. The smallest absolute Gasteiger partial charge is 0.296 e. The van der Waals surface area contributed by atoms with Crippen molar-refractivity contribution in [3.8, 4) is 5.75 Å². The number of fused-ring (bicyclic) bond motifs is 1. The number of hydrazone groups is 1. The summed E-state index contributed by atoms with van der Waals surface area (Å²) in [5.74, 6) is -1.93. The summed E-state index contributed by atoms with van der Waals surface area (Å²) in [7, 11) is -7.25. The predicted molar refractivity (Wildman–Crippen MR) is 152 cm³/mol. The topological polar surface area (TPSA) is 207 Å². The van der Waals surface area contributed by atoms with Crippen molar-refractivity contribution in [2.24, 2.45) is 27.2 Å². The fourth-order valence-corrected chi connectivity index (χ4v) is 5.59. The first-order valence-electron chi connectivity index (χ1n) is 12.1. The highest BCUT2D eigenvalue weighted by atomic mass is 32.2. The number of rotatable bonds is 8. The molecule has 0 spiro atoms. The van der Waals surface area contributed by atoms with Crippen molar-refractivity contribution in [3.63, 3.8) is 0 Å². The first-order chi connectivity index (χ1) is 19.2. The van der Waals surface area contributed by atoms with Gasteiger partial charge in [-0.25, -0.2) is 0 Å². The molecule has 5 N–H and O–H groups in total. The van der Waals surface area contributed by atoms with Crippen LogP contribution in [0.3, 0.4) is 0 Å². The molecule has 0 saturated carbocycles. The number of phenolic OH excluding ortho intramolecular Hbond substituents is 1. The average Bonchev–Trinajstić information content (AvgIpc) is 2.88. The molecule has 2 unspecified atom stereocenters. The van der Waals surface area contributed by atoms with E-state index in [1.54, 1.807) is 27.0 Å². The van der Waals surface area contributed by atoms with Crippen molar-refractivity contribution < 1.29 is 35.8 Å². The average molecular weight is 602 g/mol. The zero-order valence-corrected chi connectivity index (χ0v) is 23.7. The largest absolute Gasteiger partial charge is 0.506 e. The SMILES string of the molecule is CNCc1ccc(S(=O)(=O)O)c(N=Nc2cc(O)c(NN=C3C(=O)C4C=CC(S(=O)(=O)O)=CC4C=C3C)cc2C)c1. The van der Waals surface area contributed by atoms with Crippen LogP contribution in [0.1, 0.15) is 18.1 Å². The van der Waals surface area contributed by atoms with Crippen LogP contribution >= 0.6 is 0 Å². The molecular weight excluding hydrogens is 574 g/mol. The van der Waals surface area contributed by atoms with E-state index in [1.807, 2.05) is 0 Å². The Labute approximate surface area is 236 Å². The molecule has 4 rings (SSSR count). The van der Waals surface area contributed by atoms with Gasteiger partial charge in [0.05, 0.1) is 22.2 Å². The first kappa shape index (κ1) is 30.0. The number of benzene rings is 2. The lowest BCUT2D eigenvalue weighted by Crippen LogP contribution is -2.34. The number of aryl methyl sites for hydroxylation is 1. The number of aromatic hydroxyl groups is 1. The Morgan fingerprint density at radius 2 is 1.66 bits per heavy atom. The molecule has 0 aromatic heterocycles. The zero-order chi connectivity index (χ0) is 30.1. The van der Waals surface area contributed by atoms with Gasteiger partial charge in [-0.3, -0.25) is 19.3 Å². The number of ketones is 1. The van der Waals surface area contributed by atoms with Gasteiger partial charge in [0.25, 0.3) is 20.2 Å². The summed E-state index contributed by atoms with van der Waals surface area (Å²) in [6, 6.07) is 7.01. The van der Waals surface area contributed by atoms with Crippen molar-refractivity contribution >= 4 is 48.8 Å². The molecule has 2 aromatic rings. The third-order valence-corrected chi connectivity index (χ3v) is 8.21. The third-order valence-electron chi connectivity index (χ3n) is 6.44. The molecule has 2 aliphatic carbocycles. The minimum atomic E-state index is -4.56. The standard InChI is InChI=1S/C26H27N5O8S2/c1-14-9-21(29-31-25-15(2)8-17-11-18(40(34,35)36)5-6-19(17)26(25)33)23(32)12-20(14)28-30-22-10-16(13-27-3)4-7-24(22)41(37,38)39/h4-12,17,19,27,29,32H,13H2,1-3H3,(H,34,35,36)(H,37,38,39). The summed E-state index contributed by atoms with van der Waals surface area (Å²) in [6.07, 6.45) is 5.55. The molecule has 0 bridgehead atoms. The van der Waals surface area contributed by atoms with E-state index >= 15 is 0 Å². The number of nitrogens with zero attached hydrogens (tertiary/aromatic N) is 3. The summed E-state index contributed by atoms with van der Waals surface area (Å²) >= 11 is 0. The van der Waals surface area contributed by atoms with Crippen LogP contribution in [-0.4, -0.2) is 49.6 Å². The van der Waals surface area contributed by atoms with E-state index < -0.39 is 37.0 Å². The molecule has 0 saturated heterocycles. The molecule has 0 amide bonds. The second-order valence-corrected chi connectivity index (χ2v) is 12.3. The van der Waals surface area contributed by atoms with E-state index in [4.69, 9.17) is 0 Å². The lowest BCUT2D eigenvalue weighted by Gasteiger charge is -2.27. The van der Waals surface area contributed by atoms with Crippen LogP contribution in [0, 0.1) is 18.8 Å². The molecule has 41 heavy (non-hydrogen) atoms. The minimum absolute atomic E-state index is 0.0830. The summed E-state index contributed by atoms with van der Waals surface area (Å²) < 4.78 is 65.4. The van der Waals surface area contributed by atoms with E-state index in [0.29, 0.717) is 23.2 Å². The fourth-order valence-electron chi connectivity index (χ4n) is 4.40. The Morgan fingerprint density at radius 3 is 2.32 bits per heavy atom. The van der Waals surface area contributed by atoms with E-state index in [1.165, 1.54) is 48.6 Å². The normalized spacial score (nSPS) is 20.2. The Balaban J connectivity index is 1.60. The summed E-state index contributed by atoms with van der Waals surface area (Å²) in [5.41, 5.74) is 4.74. The zero-order valence-electron chi connectivity index (χ0n) is 22.1. The maximum atomic E-state index is 13.1. The maximum absolute atomic E-state index is 13.1. The minimum Gasteiger partial charge on any atom is -0.506 e. The van der Waals surface area contributed by atoms with Gasteiger partial charge in [0.2, 0.25) is 0 Å². The number of azo groups is 1. The number of hydrogen-bond donors (Lipinski definition) is 5. The highest BCUT2D eigenvalue weighted by Crippen LogP contribution is 2.36. The van der Waals surface area contributed by atoms with Gasteiger partial charge in [-0.05, 0) is 61.9 Å². The molecular formula is C26H27N5O8S2. The molecule has 15 heteroatoms. The summed E-state index contributed by atoms with van der Waals surface area (Å²) in [6.45, 7) is 3.73. The number of nitrogens with one attached hydrogen (secondary N) is 2.